The average Bonchev–Trinajstić information content (AvgIpc) is 2.56. The van der Waals surface area contributed by atoms with Crippen LogP contribution in [0.2, 0.25) is 5.02 Å². The zero-order valence-corrected chi connectivity index (χ0v) is 15.5. The minimum Gasteiger partial charge on any atom is -0.366 e. The highest BCUT2D eigenvalue weighted by Crippen LogP contribution is 2.35. The topological polar surface area (TPSA) is 18.8 Å². The van der Waals surface area contributed by atoms with Gasteiger partial charge in [0.15, 0.2) is 0 Å². The van der Waals surface area contributed by atoms with Crippen molar-refractivity contribution in [1.82, 2.24) is 4.90 Å². The van der Waals surface area contributed by atoms with Crippen LogP contribution in [0.5, 0.6) is 0 Å². The van der Waals surface area contributed by atoms with Crippen LogP contribution in [0.25, 0.3) is 0 Å². The molecule has 0 aliphatic heterocycles. The lowest BCUT2D eigenvalue weighted by molar-refractivity contribution is 0.552. The van der Waals surface area contributed by atoms with Gasteiger partial charge in [-0.25, -0.2) is 9.38 Å². The normalized spacial score (nSPS) is 11.1. The summed E-state index contributed by atoms with van der Waals surface area (Å²) in [7, 11) is 3.74. The Kier molecular flexibility index (Phi) is 5.84. The Hall–Kier alpha value is -2.07. The molecule has 0 saturated heterocycles. The summed E-state index contributed by atoms with van der Waals surface area (Å²) < 4.78 is 14.6. The predicted molar refractivity (Wildman–Crippen MR) is 102 cm³/mol. The highest BCUT2D eigenvalue weighted by Gasteiger charge is 2.15. The Balaban J connectivity index is 2.40. The maximum Gasteiger partial charge on any atom is 0.148 e. The molecule has 0 saturated carbocycles. The number of hydrogen-bond donors (Lipinski definition) is 0. The molecule has 0 spiro atoms. The zero-order valence-electron chi connectivity index (χ0n) is 14.8. The molecule has 0 aliphatic carbocycles. The van der Waals surface area contributed by atoms with Gasteiger partial charge < -0.3 is 9.80 Å². The number of benzene rings is 2. The van der Waals surface area contributed by atoms with Crippen molar-refractivity contribution in [3.8, 4) is 0 Å². The van der Waals surface area contributed by atoms with Gasteiger partial charge in [0.25, 0.3) is 0 Å². The summed E-state index contributed by atoms with van der Waals surface area (Å²) in [6.45, 7) is 6.78. The first-order valence-corrected chi connectivity index (χ1v) is 8.25. The van der Waals surface area contributed by atoms with Crippen LogP contribution in [0.3, 0.4) is 0 Å². The van der Waals surface area contributed by atoms with Gasteiger partial charge in [0.1, 0.15) is 5.82 Å². The van der Waals surface area contributed by atoms with E-state index in [1.165, 1.54) is 6.07 Å². The Morgan fingerprint density at radius 1 is 1.12 bits per heavy atom. The second-order valence-corrected chi connectivity index (χ2v) is 6.33. The summed E-state index contributed by atoms with van der Waals surface area (Å²) in [6, 6.07) is 8.97. The number of halogens is 2. The van der Waals surface area contributed by atoms with Crippen LogP contribution >= 0.6 is 11.6 Å². The molecule has 2 rings (SSSR count). The standard InChI is InChI=1S/C19H23ClFN3/c1-6-23(4)12-22-17-11-16(21)19(10-14(17)3)24(5)18-9-13(2)7-8-15(18)20/h7-12H,6H2,1-5H3/b22-12-. The molecule has 0 aliphatic rings. The third-order valence-electron chi connectivity index (χ3n) is 3.98. The smallest absolute Gasteiger partial charge is 0.148 e. The van der Waals surface area contributed by atoms with E-state index in [2.05, 4.69) is 4.99 Å². The third-order valence-corrected chi connectivity index (χ3v) is 4.30. The Labute approximate surface area is 148 Å². The molecule has 0 N–H and O–H groups in total. The van der Waals surface area contributed by atoms with Crippen LogP contribution in [-0.2, 0) is 0 Å². The molecular formula is C19H23ClFN3. The van der Waals surface area contributed by atoms with Crippen molar-refractivity contribution in [3.63, 3.8) is 0 Å². The second-order valence-electron chi connectivity index (χ2n) is 5.92. The van der Waals surface area contributed by atoms with Crippen molar-refractivity contribution in [1.29, 1.82) is 0 Å². The maximum absolute atomic E-state index is 14.6. The van der Waals surface area contributed by atoms with Gasteiger partial charge in [0.05, 0.1) is 28.4 Å². The lowest BCUT2D eigenvalue weighted by atomic mass is 10.1. The fraction of sp³-hybridized carbons (Fsp3) is 0.316. The third kappa shape index (κ3) is 4.06. The molecular weight excluding hydrogens is 325 g/mol. The van der Waals surface area contributed by atoms with Crippen molar-refractivity contribution in [2.24, 2.45) is 4.99 Å². The molecule has 24 heavy (non-hydrogen) atoms. The molecule has 0 fully saturated rings. The van der Waals surface area contributed by atoms with E-state index in [1.54, 1.807) is 17.3 Å². The van der Waals surface area contributed by atoms with Gasteiger partial charge >= 0.3 is 0 Å². The Morgan fingerprint density at radius 2 is 1.83 bits per heavy atom. The Morgan fingerprint density at radius 3 is 2.50 bits per heavy atom. The van der Waals surface area contributed by atoms with E-state index < -0.39 is 0 Å². The molecule has 0 radical (unpaired) electrons. The summed E-state index contributed by atoms with van der Waals surface area (Å²) in [5, 5.41) is 0.590. The molecule has 0 unspecified atom stereocenters. The van der Waals surface area contributed by atoms with E-state index in [1.807, 2.05) is 58.0 Å². The van der Waals surface area contributed by atoms with Gasteiger partial charge in [-0.15, -0.1) is 0 Å². The minimum absolute atomic E-state index is 0.327. The Bertz CT molecular complexity index is 759. The van der Waals surface area contributed by atoms with Crippen molar-refractivity contribution < 1.29 is 4.39 Å². The molecule has 0 amide bonds. The predicted octanol–water partition coefficient (Wildman–Crippen LogP) is 5.48. The van der Waals surface area contributed by atoms with Crippen LogP contribution in [0.15, 0.2) is 35.3 Å². The first-order valence-electron chi connectivity index (χ1n) is 7.88. The van der Waals surface area contributed by atoms with Gasteiger partial charge in [-0.2, -0.15) is 0 Å². The summed E-state index contributed by atoms with van der Waals surface area (Å²) in [6.07, 6.45) is 1.71. The van der Waals surface area contributed by atoms with Gasteiger partial charge in [-0.3, -0.25) is 0 Å². The van der Waals surface area contributed by atoms with E-state index in [0.29, 0.717) is 16.4 Å². The van der Waals surface area contributed by atoms with Crippen molar-refractivity contribution >= 4 is 35.0 Å². The number of aryl methyl sites for hydroxylation is 2. The number of hydrogen-bond acceptors (Lipinski definition) is 2. The van der Waals surface area contributed by atoms with E-state index >= 15 is 0 Å². The molecule has 3 nitrogen and oxygen atoms in total. The van der Waals surface area contributed by atoms with Crippen molar-refractivity contribution in [2.45, 2.75) is 20.8 Å². The SMILES string of the molecule is CCN(C)/C=N\c1cc(F)c(N(C)c2cc(C)ccc2Cl)cc1C. The van der Waals surface area contributed by atoms with Crippen LogP contribution in [0.4, 0.5) is 21.5 Å². The fourth-order valence-corrected chi connectivity index (χ4v) is 2.55. The zero-order chi connectivity index (χ0) is 17.9. The highest BCUT2D eigenvalue weighted by molar-refractivity contribution is 6.33. The number of nitrogens with zero attached hydrogens (tertiary/aromatic N) is 3. The van der Waals surface area contributed by atoms with E-state index in [-0.39, 0.29) is 5.82 Å². The highest BCUT2D eigenvalue weighted by atomic mass is 35.5. The van der Waals surface area contributed by atoms with Crippen LogP contribution < -0.4 is 4.90 Å². The van der Waals surface area contributed by atoms with Crippen LogP contribution in [-0.4, -0.2) is 31.9 Å². The lowest BCUT2D eigenvalue weighted by Gasteiger charge is -2.23. The van der Waals surface area contributed by atoms with Crippen molar-refractivity contribution in [2.75, 3.05) is 25.5 Å². The lowest BCUT2D eigenvalue weighted by Crippen LogP contribution is -2.14. The van der Waals surface area contributed by atoms with Crippen LogP contribution in [0, 0.1) is 19.7 Å². The largest absolute Gasteiger partial charge is 0.366 e. The van der Waals surface area contributed by atoms with E-state index in [9.17, 15) is 4.39 Å². The van der Waals surface area contributed by atoms with Gasteiger partial charge in [-0.05, 0) is 50.1 Å². The molecule has 0 bridgehead atoms. The summed E-state index contributed by atoms with van der Waals surface area (Å²) in [4.78, 5) is 8.06. The average molecular weight is 348 g/mol. The summed E-state index contributed by atoms with van der Waals surface area (Å²) >= 11 is 6.27. The number of rotatable bonds is 5. The summed E-state index contributed by atoms with van der Waals surface area (Å²) in [5.74, 6) is -0.327. The monoisotopic (exact) mass is 347 g/mol. The van der Waals surface area contributed by atoms with Gasteiger partial charge in [-0.1, -0.05) is 17.7 Å². The first kappa shape index (κ1) is 18.3. The second kappa shape index (κ2) is 7.67. The van der Waals surface area contributed by atoms with Crippen molar-refractivity contribution in [3.05, 3.63) is 52.3 Å². The number of anilines is 2. The van der Waals surface area contributed by atoms with E-state index in [0.717, 1.165) is 23.4 Å². The fourth-order valence-electron chi connectivity index (χ4n) is 2.30. The minimum atomic E-state index is -0.327. The van der Waals surface area contributed by atoms with Crippen LogP contribution in [0.1, 0.15) is 18.1 Å². The molecule has 2 aromatic carbocycles. The molecule has 0 aromatic heterocycles. The molecule has 2 aromatic rings. The van der Waals surface area contributed by atoms with E-state index in [4.69, 9.17) is 11.6 Å². The molecule has 128 valence electrons. The maximum atomic E-state index is 14.6. The summed E-state index contributed by atoms with van der Waals surface area (Å²) in [5.41, 5.74) is 3.85. The van der Waals surface area contributed by atoms with Gasteiger partial charge in [0, 0.05) is 26.7 Å². The van der Waals surface area contributed by atoms with Gasteiger partial charge in [0.2, 0.25) is 0 Å². The first-order chi connectivity index (χ1) is 11.3. The number of aliphatic imine (C=N–C) groups is 1. The molecule has 0 heterocycles. The molecule has 5 heteroatoms. The molecule has 0 atom stereocenters. The quantitative estimate of drug-likeness (QED) is 0.527.